The highest BCUT2D eigenvalue weighted by molar-refractivity contribution is 5.47. The third kappa shape index (κ3) is 3.47. The summed E-state index contributed by atoms with van der Waals surface area (Å²) in [6.45, 7) is 2.09. The fourth-order valence-corrected chi connectivity index (χ4v) is 1.69. The summed E-state index contributed by atoms with van der Waals surface area (Å²) in [4.78, 5) is 4.26. The van der Waals surface area contributed by atoms with E-state index in [0.717, 1.165) is 12.8 Å². The van der Waals surface area contributed by atoms with Crippen LogP contribution in [0.2, 0.25) is 0 Å². The molecule has 1 atom stereocenters. The van der Waals surface area contributed by atoms with Crippen molar-refractivity contribution < 1.29 is 9.26 Å². The molecular formula is C12H17N5O2. The Hall–Kier alpha value is -2.02. The molecule has 2 N–H and O–H groups in total. The zero-order valence-corrected chi connectivity index (χ0v) is 11.0. The van der Waals surface area contributed by atoms with E-state index in [1.165, 1.54) is 7.11 Å². The van der Waals surface area contributed by atoms with Gasteiger partial charge in [0.05, 0.1) is 7.11 Å². The van der Waals surface area contributed by atoms with Gasteiger partial charge in [0.2, 0.25) is 17.6 Å². The fourth-order valence-electron chi connectivity index (χ4n) is 1.69. The Morgan fingerprint density at radius 3 is 2.84 bits per heavy atom. The van der Waals surface area contributed by atoms with Gasteiger partial charge in [0.1, 0.15) is 5.69 Å². The number of hydrogen-bond acceptors (Lipinski definition) is 7. The normalized spacial score (nSPS) is 12.4. The predicted octanol–water partition coefficient (Wildman–Crippen LogP) is 1.21. The molecule has 1 unspecified atom stereocenters. The molecular weight excluding hydrogens is 246 g/mol. The molecule has 0 saturated carbocycles. The summed E-state index contributed by atoms with van der Waals surface area (Å²) in [5.74, 6) is 1.37. The molecule has 0 aliphatic heterocycles. The molecule has 102 valence electrons. The molecule has 0 aliphatic rings. The lowest BCUT2D eigenvalue weighted by atomic mass is 10.1. The van der Waals surface area contributed by atoms with Crippen molar-refractivity contribution in [2.45, 2.75) is 32.2 Å². The number of ether oxygens (including phenoxy) is 1. The number of hydrogen-bond donors (Lipinski definition) is 1. The van der Waals surface area contributed by atoms with Crippen LogP contribution in [0.25, 0.3) is 11.5 Å². The topological polar surface area (TPSA) is 100.0 Å². The standard InChI is InChI=1S/C12H17N5O2/c1-3-4-8(13)7-11-14-12(17-19-11)9-5-6-10(18-2)16-15-9/h5-6,8H,3-4,7,13H2,1-2H3. The van der Waals surface area contributed by atoms with E-state index in [9.17, 15) is 0 Å². The minimum absolute atomic E-state index is 0.0419. The predicted molar refractivity (Wildman–Crippen MR) is 68.5 cm³/mol. The van der Waals surface area contributed by atoms with Crippen LogP contribution in [0.15, 0.2) is 16.7 Å². The van der Waals surface area contributed by atoms with Gasteiger partial charge in [0, 0.05) is 18.5 Å². The lowest BCUT2D eigenvalue weighted by Crippen LogP contribution is -2.22. The largest absolute Gasteiger partial charge is 0.480 e. The summed E-state index contributed by atoms with van der Waals surface area (Å²) in [5, 5.41) is 11.7. The molecule has 7 nitrogen and oxygen atoms in total. The Balaban J connectivity index is 2.07. The zero-order valence-electron chi connectivity index (χ0n) is 11.0. The van der Waals surface area contributed by atoms with E-state index in [2.05, 4.69) is 27.3 Å². The van der Waals surface area contributed by atoms with Gasteiger partial charge in [-0.05, 0) is 12.5 Å². The van der Waals surface area contributed by atoms with Crippen LogP contribution in [-0.4, -0.2) is 33.5 Å². The van der Waals surface area contributed by atoms with Crippen molar-refractivity contribution in [3.05, 3.63) is 18.0 Å². The molecule has 0 bridgehead atoms. The van der Waals surface area contributed by atoms with Crippen LogP contribution >= 0.6 is 0 Å². The second-order valence-corrected chi connectivity index (χ2v) is 4.23. The van der Waals surface area contributed by atoms with Crippen LogP contribution in [0.3, 0.4) is 0 Å². The number of rotatable bonds is 6. The Morgan fingerprint density at radius 1 is 1.37 bits per heavy atom. The highest BCUT2D eigenvalue weighted by Gasteiger charge is 2.13. The Kier molecular flexibility index (Phi) is 4.40. The van der Waals surface area contributed by atoms with Gasteiger partial charge in [0.25, 0.3) is 0 Å². The van der Waals surface area contributed by atoms with E-state index in [-0.39, 0.29) is 6.04 Å². The second-order valence-electron chi connectivity index (χ2n) is 4.23. The minimum Gasteiger partial charge on any atom is -0.480 e. The van der Waals surface area contributed by atoms with Gasteiger partial charge in [-0.25, -0.2) is 0 Å². The van der Waals surface area contributed by atoms with Crippen molar-refractivity contribution >= 4 is 0 Å². The highest BCUT2D eigenvalue weighted by atomic mass is 16.5. The van der Waals surface area contributed by atoms with Crippen LogP contribution in [0.4, 0.5) is 0 Å². The van der Waals surface area contributed by atoms with Crippen molar-refractivity contribution in [1.29, 1.82) is 0 Å². The molecule has 2 aromatic heterocycles. The van der Waals surface area contributed by atoms with Crippen molar-refractivity contribution in [2.75, 3.05) is 7.11 Å². The lowest BCUT2D eigenvalue weighted by Gasteiger charge is -2.05. The number of aromatic nitrogens is 4. The van der Waals surface area contributed by atoms with Crippen LogP contribution in [-0.2, 0) is 6.42 Å². The maximum absolute atomic E-state index is 5.93. The van der Waals surface area contributed by atoms with E-state index in [1.807, 2.05) is 0 Å². The van der Waals surface area contributed by atoms with Crippen LogP contribution < -0.4 is 10.5 Å². The van der Waals surface area contributed by atoms with E-state index in [4.69, 9.17) is 15.0 Å². The smallest absolute Gasteiger partial charge is 0.233 e. The number of nitrogens with two attached hydrogens (primary N) is 1. The van der Waals surface area contributed by atoms with Crippen LogP contribution in [0.5, 0.6) is 5.88 Å². The molecule has 0 amide bonds. The molecule has 7 heteroatoms. The molecule has 0 aromatic carbocycles. The number of methoxy groups -OCH3 is 1. The highest BCUT2D eigenvalue weighted by Crippen LogP contribution is 2.15. The van der Waals surface area contributed by atoms with Crippen molar-refractivity contribution in [3.63, 3.8) is 0 Å². The van der Waals surface area contributed by atoms with E-state index < -0.39 is 0 Å². The molecule has 0 saturated heterocycles. The molecule has 0 spiro atoms. The average Bonchev–Trinajstić information content (AvgIpc) is 2.87. The van der Waals surface area contributed by atoms with Crippen molar-refractivity contribution in [3.8, 4) is 17.4 Å². The summed E-state index contributed by atoms with van der Waals surface area (Å²) in [6, 6.07) is 3.47. The summed E-state index contributed by atoms with van der Waals surface area (Å²) in [5.41, 5.74) is 6.47. The zero-order chi connectivity index (χ0) is 13.7. The summed E-state index contributed by atoms with van der Waals surface area (Å²) >= 11 is 0. The maximum Gasteiger partial charge on any atom is 0.233 e. The maximum atomic E-state index is 5.93. The summed E-state index contributed by atoms with van der Waals surface area (Å²) in [7, 11) is 1.53. The molecule has 2 aromatic rings. The first kappa shape index (κ1) is 13.4. The Morgan fingerprint density at radius 2 is 2.21 bits per heavy atom. The fraction of sp³-hybridized carbons (Fsp3) is 0.500. The molecule has 0 aliphatic carbocycles. The summed E-state index contributed by atoms with van der Waals surface area (Å²) in [6.07, 6.45) is 2.54. The van der Waals surface area contributed by atoms with Gasteiger partial charge in [-0.15, -0.1) is 10.2 Å². The van der Waals surface area contributed by atoms with E-state index >= 15 is 0 Å². The second kappa shape index (κ2) is 6.24. The minimum atomic E-state index is 0.0419. The molecule has 0 radical (unpaired) electrons. The molecule has 2 rings (SSSR count). The molecule has 2 heterocycles. The first-order valence-corrected chi connectivity index (χ1v) is 6.19. The Bertz CT molecular complexity index is 511. The van der Waals surface area contributed by atoms with Gasteiger partial charge in [0.15, 0.2) is 0 Å². The SMILES string of the molecule is CCCC(N)Cc1nc(-c2ccc(OC)nn2)no1. The first-order chi connectivity index (χ1) is 9.22. The van der Waals surface area contributed by atoms with Crippen LogP contribution in [0, 0.1) is 0 Å². The van der Waals surface area contributed by atoms with Gasteiger partial charge >= 0.3 is 0 Å². The quantitative estimate of drug-likeness (QED) is 0.835. The van der Waals surface area contributed by atoms with E-state index in [0.29, 0.717) is 29.7 Å². The third-order valence-corrected chi connectivity index (χ3v) is 2.64. The van der Waals surface area contributed by atoms with Gasteiger partial charge in [-0.1, -0.05) is 18.5 Å². The molecule has 19 heavy (non-hydrogen) atoms. The average molecular weight is 263 g/mol. The van der Waals surface area contributed by atoms with Crippen LogP contribution in [0.1, 0.15) is 25.7 Å². The lowest BCUT2D eigenvalue weighted by molar-refractivity contribution is 0.365. The van der Waals surface area contributed by atoms with Crippen molar-refractivity contribution in [1.82, 2.24) is 20.3 Å². The third-order valence-electron chi connectivity index (χ3n) is 2.64. The monoisotopic (exact) mass is 263 g/mol. The first-order valence-electron chi connectivity index (χ1n) is 6.19. The Labute approximate surface area is 111 Å². The van der Waals surface area contributed by atoms with E-state index in [1.54, 1.807) is 12.1 Å². The van der Waals surface area contributed by atoms with Gasteiger partial charge in [-0.3, -0.25) is 0 Å². The number of nitrogens with zero attached hydrogens (tertiary/aromatic N) is 4. The van der Waals surface area contributed by atoms with Gasteiger partial charge < -0.3 is 15.0 Å². The van der Waals surface area contributed by atoms with Crippen molar-refractivity contribution in [2.24, 2.45) is 5.73 Å². The van der Waals surface area contributed by atoms with Gasteiger partial charge in [-0.2, -0.15) is 4.98 Å². The summed E-state index contributed by atoms with van der Waals surface area (Å²) < 4.78 is 10.1. The molecule has 0 fully saturated rings.